The van der Waals surface area contributed by atoms with Crippen LogP contribution in [0.1, 0.15) is 18.4 Å². The average Bonchev–Trinajstić information content (AvgIpc) is 3.15. The SMILES string of the molecule is O=C(OCc1ccccc1)N1CC[C@H]2C[C@H]2C1. The Morgan fingerprint density at radius 2 is 2.12 bits per heavy atom. The van der Waals surface area contributed by atoms with E-state index in [2.05, 4.69) is 0 Å². The predicted molar refractivity (Wildman–Crippen MR) is 64.4 cm³/mol. The van der Waals surface area contributed by atoms with Crippen molar-refractivity contribution < 1.29 is 9.53 Å². The summed E-state index contributed by atoms with van der Waals surface area (Å²) in [7, 11) is 0. The van der Waals surface area contributed by atoms with Crippen LogP contribution >= 0.6 is 0 Å². The highest BCUT2D eigenvalue weighted by Crippen LogP contribution is 2.44. The molecule has 1 aromatic carbocycles. The van der Waals surface area contributed by atoms with E-state index in [1.165, 1.54) is 6.42 Å². The van der Waals surface area contributed by atoms with Gasteiger partial charge in [0.2, 0.25) is 0 Å². The topological polar surface area (TPSA) is 29.5 Å². The maximum atomic E-state index is 11.8. The minimum atomic E-state index is -0.154. The number of ether oxygens (including phenoxy) is 1. The molecule has 2 aliphatic rings. The van der Waals surface area contributed by atoms with E-state index in [9.17, 15) is 4.79 Å². The summed E-state index contributed by atoms with van der Waals surface area (Å²) in [6.07, 6.45) is 2.31. The summed E-state index contributed by atoms with van der Waals surface area (Å²) in [6.45, 7) is 2.15. The van der Waals surface area contributed by atoms with Gasteiger partial charge in [-0.3, -0.25) is 0 Å². The van der Waals surface area contributed by atoms with Crippen LogP contribution in [0.15, 0.2) is 30.3 Å². The van der Waals surface area contributed by atoms with Gasteiger partial charge in [-0.05, 0) is 30.2 Å². The van der Waals surface area contributed by atoms with Gasteiger partial charge >= 0.3 is 6.09 Å². The molecule has 0 radical (unpaired) electrons. The zero-order valence-corrected chi connectivity index (χ0v) is 9.84. The largest absolute Gasteiger partial charge is 0.445 e. The quantitative estimate of drug-likeness (QED) is 0.783. The van der Waals surface area contributed by atoms with Gasteiger partial charge in [-0.2, -0.15) is 0 Å². The van der Waals surface area contributed by atoms with Gasteiger partial charge in [0.05, 0.1) is 0 Å². The van der Waals surface area contributed by atoms with E-state index < -0.39 is 0 Å². The van der Waals surface area contributed by atoms with E-state index in [0.717, 1.165) is 36.9 Å². The first kappa shape index (κ1) is 10.6. The molecule has 0 spiro atoms. The number of nitrogens with zero attached hydrogens (tertiary/aromatic N) is 1. The van der Waals surface area contributed by atoms with Crippen LogP contribution in [0.2, 0.25) is 0 Å². The van der Waals surface area contributed by atoms with E-state index in [-0.39, 0.29) is 6.09 Å². The monoisotopic (exact) mass is 231 g/mol. The molecule has 1 aliphatic carbocycles. The zero-order valence-electron chi connectivity index (χ0n) is 9.84. The first-order valence-corrected chi connectivity index (χ1v) is 6.28. The fourth-order valence-corrected chi connectivity index (χ4v) is 2.56. The van der Waals surface area contributed by atoms with E-state index in [1.807, 2.05) is 35.2 Å². The molecule has 90 valence electrons. The lowest BCUT2D eigenvalue weighted by atomic mass is 10.1. The number of benzene rings is 1. The van der Waals surface area contributed by atoms with Crippen molar-refractivity contribution in [3.8, 4) is 0 Å². The van der Waals surface area contributed by atoms with Crippen LogP contribution in [0.3, 0.4) is 0 Å². The third-order valence-corrected chi connectivity index (χ3v) is 3.76. The smallest absolute Gasteiger partial charge is 0.410 e. The van der Waals surface area contributed by atoms with Crippen molar-refractivity contribution in [3.05, 3.63) is 35.9 Å². The van der Waals surface area contributed by atoms with Gasteiger partial charge in [-0.15, -0.1) is 0 Å². The Bertz CT molecular complexity index is 404. The van der Waals surface area contributed by atoms with Crippen molar-refractivity contribution in [1.29, 1.82) is 0 Å². The Labute approximate surface area is 101 Å². The number of rotatable bonds is 2. The first-order valence-electron chi connectivity index (χ1n) is 6.28. The van der Waals surface area contributed by atoms with Crippen LogP contribution < -0.4 is 0 Å². The summed E-state index contributed by atoms with van der Waals surface area (Å²) in [5.41, 5.74) is 1.04. The second-order valence-electron chi connectivity index (χ2n) is 5.03. The van der Waals surface area contributed by atoms with E-state index in [1.54, 1.807) is 0 Å². The second-order valence-corrected chi connectivity index (χ2v) is 5.03. The number of carbonyl (C=O) groups excluding carboxylic acids is 1. The van der Waals surface area contributed by atoms with Crippen LogP contribution in [0.4, 0.5) is 4.79 Å². The summed E-state index contributed by atoms with van der Waals surface area (Å²) in [5, 5.41) is 0. The molecule has 17 heavy (non-hydrogen) atoms. The number of hydrogen-bond donors (Lipinski definition) is 0. The summed E-state index contributed by atoms with van der Waals surface area (Å²) >= 11 is 0. The van der Waals surface area contributed by atoms with Crippen LogP contribution in [-0.4, -0.2) is 24.1 Å². The molecule has 1 heterocycles. The van der Waals surface area contributed by atoms with Crippen molar-refractivity contribution in [2.45, 2.75) is 19.4 Å². The number of fused-ring (bicyclic) bond motifs is 1. The lowest BCUT2D eigenvalue weighted by molar-refractivity contribution is 0.0878. The van der Waals surface area contributed by atoms with Gasteiger partial charge in [-0.25, -0.2) is 4.79 Å². The summed E-state index contributed by atoms with van der Waals surface area (Å²) < 4.78 is 5.32. The van der Waals surface area contributed by atoms with Crippen molar-refractivity contribution in [2.75, 3.05) is 13.1 Å². The molecule has 1 saturated carbocycles. The van der Waals surface area contributed by atoms with E-state index in [4.69, 9.17) is 4.74 Å². The number of piperidine rings is 1. The molecule has 3 heteroatoms. The molecule has 2 fully saturated rings. The summed E-state index contributed by atoms with van der Waals surface area (Å²) in [5.74, 6) is 1.65. The highest BCUT2D eigenvalue weighted by Gasteiger charge is 2.42. The average molecular weight is 231 g/mol. The third kappa shape index (κ3) is 2.43. The van der Waals surface area contributed by atoms with Crippen molar-refractivity contribution in [3.63, 3.8) is 0 Å². The van der Waals surface area contributed by atoms with Gasteiger partial charge in [0, 0.05) is 13.1 Å². The van der Waals surface area contributed by atoms with Gasteiger partial charge in [0.1, 0.15) is 6.61 Å². The molecule has 0 N–H and O–H groups in total. The minimum absolute atomic E-state index is 0.154. The van der Waals surface area contributed by atoms with E-state index in [0.29, 0.717) is 6.61 Å². The van der Waals surface area contributed by atoms with Crippen LogP contribution in [0, 0.1) is 11.8 Å². The zero-order chi connectivity index (χ0) is 11.7. The van der Waals surface area contributed by atoms with Gasteiger partial charge in [0.25, 0.3) is 0 Å². The first-order chi connectivity index (χ1) is 8.33. The fourth-order valence-electron chi connectivity index (χ4n) is 2.56. The molecule has 3 nitrogen and oxygen atoms in total. The number of hydrogen-bond acceptors (Lipinski definition) is 2. The highest BCUT2D eigenvalue weighted by atomic mass is 16.6. The maximum Gasteiger partial charge on any atom is 0.410 e. The number of likely N-dealkylation sites (tertiary alicyclic amines) is 1. The standard InChI is InChI=1S/C14H17NO2/c16-14(15-7-6-12-8-13(12)9-15)17-10-11-4-2-1-3-5-11/h1-5,12-13H,6-10H2/t12-,13-/m0/s1. The Morgan fingerprint density at radius 1 is 1.29 bits per heavy atom. The van der Waals surface area contributed by atoms with Crippen LogP contribution in [0.25, 0.3) is 0 Å². The normalized spacial score (nSPS) is 26.2. The molecule has 2 atom stereocenters. The molecule has 0 bridgehead atoms. The van der Waals surface area contributed by atoms with Crippen molar-refractivity contribution in [2.24, 2.45) is 11.8 Å². The highest BCUT2D eigenvalue weighted by molar-refractivity contribution is 5.67. The van der Waals surface area contributed by atoms with Crippen molar-refractivity contribution in [1.82, 2.24) is 4.90 Å². The lowest BCUT2D eigenvalue weighted by Gasteiger charge is -2.25. The Morgan fingerprint density at radius 3 is 2.88 bits per heavy atom. The Balaban J connectivity index is 1.50. The molecule has 1 aliphatic heterocycles. The molecular weight excluding hydrogens is 214 g/mol. The van der Waals surface area contributed by atoms with E-state index >= 15 is 0 Å². The third-order valence-electron chi connectivity index (χ3n) is 3.76. The molecule has 0 aromatic heterocycles. The number of amides is 1. The lowest BCUT2D eigenvalue weighted by Crippen LogP contribution is -2.37. The van der Waals surface area contributed by atoms with Crippen LogP contribution in [0.5, 0.6) is 0 Å². The molecule has 1 amide bonds. The summed E-state index contributed by atoms with van der Waals surface area (Å²) in [6, 6.07) is 9.82. The number of carbonyl (C=O) groups is 1. The van der Waals surface area contributed by atoms with Gasteiger partial charge in [-0.1, -0.05) is 30.3 Å². The molecule has 0 unspecified atom stereocenters. The fraction of sp³-hybridized carbons (Fsp3) is 0.500. The van der Waals surface area contributed by atoms with Crippen LogP contribution in [-0.2, 0) is 11.3 Å². The maximum absolute atomic E-state index is 11.8. The molecule has 1 aromatic rings. The molecule has 1 saturated heterocycles. The Kier molecular flexibility index (Phi) is 2.75. The molecule has 3 rings (SSSR count). The minimum Gasteiger partial charge on any atom is -0.445 e. The van der Waals surface area contributed by atoms with Crippen molar-refractivity contribution >= 4 is 6.09 Å². The van der Waals surface area contributed by atoms with Gasteiger partial charge in [0.15, 0.2) is 0 Å². The predicted octanol–water partition coefficient (Wildman–Crippen LogP) is 2.67. The molecular formula is C14H17NO2. The summed E-state index contributed by atoms with van der Waals surface area (Å²) in [4.78, 5) is 13.7. The second kappa shape index (κ2) is 4.40. The van der Waals surface area contributed by atoms with Gasteiger partial charge < -0.3 is 9.64 Å². The Hall–Kier alpha value is -1.51.